The number of anilines is 1. The Morgan fingerprint density at radius 3 is 2.67 bits per heavy atom. The highest BCUT2D eigenvalue weighted by Crippen LogP contribution is 2.33. The van der Waals surface area contributed by atoms with Crippen molar-refractivity contribution in [2.75, 3.05) is 5.32 Å². The SMILES string of the molecule is CC(=O)Nc1sc(C)c(C)c1C(=O)OCc1cccc([N+](=O)[O-])c1. The molecule has 2 aromatic rings. The number of thiophene rings is 1. The van der Waals surface area contributed by atoms with Crippen LogP contribution in [0.2, 0.25) is 0 Å². The van der Waals surface area contributed by atoms with Gasteiger partial charge in [0, 0.05) is 23.9 Å². The predicted octanol–water partition coefficient (Wildman–Crippen LogP) is 3.59. The number of nitro groups is 1. The maximum atomic E-state index is 12.4. The maximum absolute atomic E-state index is 12.4. The average Bonchev–Trinajstić information content (AvgIpc) is 2.79. The largest absolute Gasteiger partial charge is 0.457 e. The Morgan fingerprint density at radius 2 is 2.04 bits per heavy atom. The summed E-state index contributed by atoms with van der Waals surface area (Å²) in [6.45, 7) is 4.90. The van der Waals surface area contributed by atoms with Crippen LogP contribution in [-0.2, 0) is 16.1 Å². The van der Waals surface area contributed by atoms with Gasteiger partial charge in [0.2, 0.25) is 5.91 Å². The van der Waals surface area contributed by atoms with Crippen LogP contribution in [0, 0.1) is 24.0 Å². The van der Waals surface area contributed by atoms with E-state index in [9.17, 15) is 19.7 Å². The minimum atomic E-state index is -0.577. The third kappa shape index (κ3) is 3.96. The van der Waals surface area contributed by atoms with Crippen LogP contribution in [0.1, 0.15) is 33.3 Å². The van der Waals surface area contributed by atoms with Crippen LogP contribution in [0.3, 0.4) is 0 Å². The van der Waals surface area contributed by atoms with E-state index in [1.54, 1.807) is 13.0 Å². The van der Waals surface area contributed by atoms with E-state index in [1.165, 1.54) is 36.5 Å². The lowest BCUT2D eigenvalue weighted by atomic mass is 10.1. The fourth-order valence-electron chi connectivity index (χ4n) is 2.10. The number of carbonyl (C=O) groups is 2. The van der Waals surface area contributed by atoms with Crippen LogP contribution in [-0.4, -0.2) is 16.8 Å². The van der Waals surface area contributed by atoms with Crippen molar-refractivity contribution in [1.82, 2.24) is 0 Å². The minimum Gasteiger partial charge on any atom is -0.457 e. The van der Waals surface area contributed by atoms with Gasteiger partial charge in [0.05, 0.1) is 10.5 Å². The van der Waals surface area contributed by atoms with Crippen LogP contribution in [0.4, 0.5) is 10.7 Å². The summed E-state index contributed by atoms with van der Waals surface area (Å²) >= 11 is 1.30. The number of nitrogens with one attached hydrogen (secondary N) is 1. The van der Waals surface area contributed by atoms with E-state index in [1.807, 2.05) is 6.92 Å². The number of nitro benzene ring substituents is 1. The van der Waals surface area contributed by atoms with E-state index in [4.69, 9.17) is 4.74 Å². The molecule has 8 heteroatoms. The minimum absolute atomic E-state index is 0.0648. The zero-order valence-corrected chi connectivity index (χ0v) is 14.2. The number of rotatable bonds is 5. The lowest BCUT2D eigenvalue weighted by Crippen LogP contribution is -2.12. The van der Waals surface area contributed by atoms with Gasteiger partial charge in [-0.1, -0.05) is 12.1 Å². The zero-order valence-electron chi connectivity index (χ0n) is 13.4. The second-order valence-electron chi connectivity index (χ2n) is 5.17. The first-order chi connectivity index (χ1) is 11.3. The van der Waals surface area contributed by atoms with Crippen molar-refractivity contribution < 1.29 is 19.2 Å². The number of hydrogen-bond acceptors (Lipinski definition) is 6. The summed E-state index contributed by atoms with van der Waals surface area (Å²) in [5.74, 6) is -0.851. The normalized spacial score (nSPS) is 10.3. The van der Waals surface area contributed by atoms with Gasteiger partial charge in [-0.05, 0) is 25.0 Å². The van der Waals surface area contributed by atoms with E-state index in [0.717, 1.165) is 10.4 Å². The number of non-ortho nitro benzene ring substituents is 1. The molecule has 7 nitrogen and oxygen atoms in total. The Balaban J connectivity index is 2.17. The Morgan fingerprint density at radius 1 is 1.33 bits per heavy atom. The average molecular weight is 348 g/mol. The molecular formula is C16H16N2O5S. The lowest BCUT2D eigenvalue weighted by molar-refractivity contribution is -0.384. The Hall–Kier alpha value is -2.74. The molecular weight excluding hydrogens is 332 g/mol. The number of carbonyl (C=O) groups excluding carboxylic acids is 2. The number of nitrogens with zero attached hydrogens (tertiary/aromatic N) is 1. The van der Waals surface area contributed by atoms with Gasteiger partial charge in [-0.2, -0.15) is 0 Å². The van der Waals surface area contributed by atoms with Gasteiger partial charge < -0.3 is 10.1 Å². The number of aryl methyl sites for hydroxylation is 1. The smallest absolute Gasteiger partial charge is 0.341 e. The summed E-state index contributed by atoms with van der Waals surface area (Å²) in [7, 11) is 0. The summed E-state index contributed by atoms with van der Waals surface area (Å²) in [6, 6.07) is 5.89. The molecule has 0 saturated carbocycles. The van der Waals surface area contributed by atoms with Crippen LogP contribution >= 0.6 is 11.3 Å². The maximum Gasteiger partial charge on any atom is 0.341 e. The molecule has 0 aliphatic carbocycles. The molecule has 126 valence electrons. The monoisotopic (exact) mass is 348 g/mol. The van der Waals surface area contributed by atoms with Crippen LogP contribution in [0.25, 0.3) is 0 Å². The van der Waals surface area contributed by atoms with Crippen molar-refractivity contribution in [1.29, 1.82) is 0 Å². The highest BCUT2D eigenvalue weighted by Gasteiger charge is 2.21. The highest BCUT2D eigenvalue weighted by molar-refractivity contribution is 7.16. The van der Waals surface area contributed by atoms with Crippen molar-refractivity contribution in [2.45, 2.75) is 27.4 Å². The van der Waals surface area contributed by atoms with Crippen LogP contribution in [0.15, 0.2) is 24.3 Å². The van der Waals surface area contributed by atoms with Crippen molar-refractivity contribution in [3.8, 4) is 0 Å². The number of hydrogen-bond donors (Lipinski definition) is 1. The molecule has 0 fully saturated rings. The number of amides is 1. The molecule has 2 rings (SSSR count). The quantitative estimate of drug-likeness (QED) is 0.506. The molecule has 1 N–H and O–H groups in total. The molecule has 1 amide bonds. The first kappa shape index (κ1) is 17.6. The Labute approximate surface area is 142 Å². The Kier molecular flexibility index (Phi) is 5.30. The summed E-state index contributed by atoms with van der Waals surface area (Å²) in [5, 5.41) is 13.8. The summed E-state index contributed by atoms with van der Waals surface area (Å²) in [6.07, 6.45) is 0. The van der Waals surface area contributed by atoms with Crippen LogP contribution in [0.5, 0.6) is 0 Å². The van der Waals surface area contributed by atoms with E-state index >= 15 is 0 Å². The first-order valence-electron chi connectivity index (χ1n) is 7.07. The summed E-state index contributed by atoms with van der Waals surface area (Å²) < 4.78 is 5.26. The number of esters is 1. The second kappa shape index (κ2) is 7.22. The summed E-state index contributed by atoms with van der Waals surface area (Å²) in [4.78, 5) is 34.8. The van der Waals surface area contributed by atoms with E-state index in [-0.39, 0.29) is 18.2 Å². The topological polar surface area (TPSA) is 98.5 Å². The first-order valence-corrected chi connectivity index (χ1v) is 7.89. The summed E-state index contributed by atoms with van der Waals surface area (Å²) in [5.41, 5.74) is 1.51. The van der Waals surface area contributed by atoms with E-state index < -0.39 is 10.9 Å². The molecule has 0 unspecified atom stereocenters. The van der Waals surface area contributed by atoms with Gasteiger partial charge in [-0.25, -0.2) is 4.79 Å². The molecule has 0 aliphatic rings. The molecule has 0 radical (unpaired) electrons. The van der Waals surface area contributed by atoms with E-state index in [2.05, 4.69) is 5.32 Å². The molecule has 0 bridgehead atoms. The van der Waals surface area contributed by atoms with Gasteiger partial charge in [-0.15, -0.1) is 11.3 Å². The van der Waals surface area contributed by atoms with E-state index in [0.29, 0.717) is 16.1 Å². The van der Waals surface area contributed by atoms with Crippen molar-refractivity contribution in [3.05, 3.63) is 55.9 Å². The zero-order chi connectivity index (χ0) is 17.9. The van der Waals surface area contributed by atoms with Gasteiger partial charge in [-0.3, -0.25) is 14.9 Å². The number of ether oxygens (including phenoxy) is 1. The molecule has 0 spiro atoms. The predicted molar refractivity (Wildman–Crippen MR) is 90.3 cm³/mol. The van der Waals surface area contributed by atoms with Crippen LogP contribution < -0.4 is 5.32 Å². The Bertz CT molecular complexity index is 813. The van der Waals surface area contributed by atoms with Crippen molar-refractivity contribution >= 4 is 33.9 Å². The van der Waals surface area contributed by atoms with Gasteiger partial charge >= 0.3 is 5.97 Å². The third-order valence-electron chi connectivity index (χ3n) is 3.37. The molecule has 0 atom stereocenters. The second-order valence-corrected chi connectivity index (χ2v) is 6.40. The highest BCUT2D eigenvalue weighted by atomic mass is 32.1. The third-order valence-corrected chi connectivity index (χ3v) is 4.49. The van der Waals surface area contributed by atoms with Gasteiger partial charge in [0.25, 0.3) is 5.69 Å². The van der Waals surface area contributed by atoms with Crippen molar-refractivity contribution in [2.24, 2.45) is 0 Å². The standard InChI is InChI=1S/C16H16N2O5S/c1-9-10(2)24-15(17-11(3)19)14(9)16(20)23-8-12-5-4-6-13(7-12)18(21)22/h4-7H,8H2,1-3H3,(H,17,19). The molecule has 1 aromatic carbocycles. The molecule has 0 saturated heterocycles. The lowest BCUT2D eigenvalue weighted by Gasteiger charge is -2.07. The molecule has 1 aromatic heterocycles. The van der Waals surface area contributed by atoms with Crippen molar-refractivity contribution in [3.63, 3.8) is 0 Å². The molecule has 1 heterocycles. The number of benzene rings is 1. The van der Waals surface area contributed by atoms with Gasteiger partial charge in [0.15, 0.2) is 0 Å². The van der Waals surface area contributed by atoms with Gasteiger partial charge in [0.1, 0.15) is 11.6 Å². The molecule has 24 heavy (non-hydrogen) atoms. The fourth-order valence-corrected chi connectivity index (χ4v) is 3.20. The fraction of sp³-hybridized carbons (Fsp3) is 0.250. The molecule has 0 aliphatic heterocycles.